The molecule has 1 aromatic carbocycles. The summed E-state index contributed by atoms with van der Waals surface area (Å²) >= 11 is 0. The van der Waals surface area contributed by atoms with Crippen molar-refractivity contribution >= 4 is 5.97 Å². The highest BCUT2D eigenvalue weighted by atomic mass is 19.4. The summed E-state index contributed by atoms with van der Waals surface area (Å²) in [6.45, 7) is 0.908. The summed E-state index contributed by atoms with van der Waals surface area (Å²) in [5.74, 6) is -2.03. The third-order valence-electron chi connectivity index (χ3n) is 4.27. The fourth-order valence-corrected chi connectivity index (χ4v) is 3.01. The summed E-state index contributed by atoms with van der Waals surface area (Å²) in [7, 11) is 0. The van der Waals surface area contributed by atoms with E-state index < -0.39 is 30.1 Å². The van der Waals surface area contributed by atoms with Crippen LogP contribution in [0.4, 0.5) is 17.6 Å². The van der Waals surface area contributed by atoms with Crippen LogP contribution in [0.15, 0.2) is 36.5 Å². The molecule has 3 aromatic rings. The molecule has 10 heteroatoms. The second-order valence-corrected chi connectivity index (χ2v) is 6.33. The monoisotopic (exact) mass is 409 g/mol. The first kappa shape index (κ1) is 20.5. The fourth-order valence-electron chi connectivity index (χ4n) is 3.01. The third-order valence-corrected chi connectivity index (χ3v) is 4.27. The van der Waals surface area contributed by atoms with Crippen LogP contribution in [0.5, 0.6) is 0 Å². The highest BCUT2D eigenvalue weighted by Gasteiger charge is 2.31. The smallest absolute Gasteiger partial charge is 0.416 e. The molecule has 0 saturated heterocycles. The van der Waals surface area contributed by atoms with Crippen molar-refractivity contribution in [1.29, 1.82) is 0 Å². The van der Waals surface area contributed by atoms with E-state index in [1.807, 2.05) is 0 Å². The Morgan fingerprint density at radius 3 is 2.48 bits per heavy atom. The van der Waals surface area contributed by atoms with Crippen LogP contribution in [0.2, 0.25) is 0 Å². The van der Waals surface area contributed by atoms with Gasteiger partial charge in [0.25, 0.3) is 0 Å². The van der Waals surface area contributed by atoms with E-state index >= 15 is 0 Å². The minimum Gasteiger partial charge on any atom is -0.478 e. The van der Waals surface area contributed by atoms with Gasteiger partial charge in [0.2, 0.25) is 0 Å². The third kappa shape index (κ3) is 4.27. The quantitative estimate of drug-likeness (QED) is 0.630. The molecule has 0 aliphatic carbocycles. The molecule has 6 nitrogen and oxygen atoms in total. The molecule has 0 atom stereocenters. The number of hydrogen-bond donors (Lipinski definition) is 2. The molecule has 3 rings (SSSR count). The van der Waals surface area contributed by atoms with Crippen LogP contribution in [0.3, 0.4) is 0 Å². The number of carboxylic acids is 1. The molecule has 2 aromatic heterocycles. The van der Waals surface area contributed by atoms with E-state index in [0.717, 1.165) is 12.1 Å². The van der Waals surface area contributed by atoms with Gasteiger partial charge in [0.15, 0.2) is 5.82 Å². The number of carboxylic acid groups (broad SMARTS) is 1. The van der Waals surface area contributed by atoms with E-state index in [1.165, 1.54) is 23.9 Å². The predicted octanol–water partition coefficient (Wildman–Crippen LogP) is 3.51. The number of halogens is 4. The number of pyridine rings is 1. The van der Waals surface area contributed by atoms with Crippen LogP contribution in [0.25, 0.3) is 5.82 Å². The lowest BCUT2D eigenvalue weighted by Crippen LogP contribution is -2.07. The van der Waals surface area contributed by atoms with E-state index in [9.17, 15) is 32.6 Å². The number of carbonyl (C=O) groups is 1. The van der Waals surface area contributed by atoms with Gasteiger partial charge in [-0.05, 0) is 54.8 Å². The Balaban J connectivity index is 1.98. The second kappa shape index (κ2) is 7.63. The lowest BCUT2D eigenvalue weighted by atomic mass is 10.0. The molecule has 0 amide bonds. The molecule has 0 aliphatic rings. The Labute approximate surface area is 162 Å². The highest BCUT2D eigenvalue weighted by Crippen LogP contribution is 2.31. The van der Waals surface area contributed by atoms with Crippen molar-refractivity contribution in [2.75, 3.05) is 0 Å². The van der Waals surface area contributed by atoms with Crippen LogP contribution in [0, 0.1) is 12.7 Å². The molecule has 152 valence electrons. The minimum absolute atomic E-state index is 0.00464. The molecule has 0 radical (unpaired) electrons. The highest BCUT2D eigenvalue weighted by molar-refractivity contribution is 5.90. The second-order valence-electron chi connectivity index (χ2n) is 6.33. The molecule has 2 N–H and O–H groups in total. The maximum absolute atomic E-state index is 13.6. The average molecular weight is 409 g/mol. The van der Waals surface area contributed by atoms with Crippen LogP contribution >= 0.6 is 0 Å². The van der Waals surface area contributed by atoms with Gasteiger partial charge in [-0.15, -0.1) is 0 Å². The van der Waals surface area contributed by atoms with E-state index in [2.05, 4.69) is 10.1 Å². The lowest BCUT2D eigenvalue weighted by molar-refractivity contribution is -0.137. The maximum atomic E-state index is 13.6. The Bertz CT molecular complexity index is 1080. The van der Waals surface area contributed by atoms with Crippen molar-refractivity contribution in [2.24, 2.45) is 0 Å². The predicted molar refractivity (Wildman–Crippen MR) is 93.2 cm³/mol. The number of alkyl halides is 3. The van der Waals surface area contributed by atoms with Crippen molar-refractivity contribution in [3.8, 4) is 5.82 Å². The standard InChI is InChI=1S/C19H15F4N3O3/c1-10-17(18(28)29)15(9-27)25-26(10)16-7-11(2-3-24-16)4-12-5-13(19(21,22)23)8-14(20)6-12/h2-3,5-8,27H,4,9H2,1H3,(H,28,29). The van der Waals surface area contributed by atoms with Crippen LogP contribution in [-0.2, 0) is 19.2 Å². The van der Waals surface area contributed by atoms with Gasteiger partial charge < -0.3 is 10.2 Å². The van der Waals surface area contributed by atoms with E-state index in [4.69, 9.17) is 0 Å². The molecule has 0 aliphatic heterocycles. The van der Waals surface area contributed by atoms with Crippen molar-refractivity contribution in [1.82, 2.24) is 14.8 Å². The first-order valence-electron chi connectivity index (χ1n) is 8.34. The molecular formula is C19H15F4N3O3. The van der Waals surface area contributed by atoms with Gasteiger partial charge >= 0.3 is 12.1 Å². The molecule has 29 heavy (non-hydrogen) atoms. The molecule has 0 bridgehead atoms. The zero-order chi connectivity index (χ0) is 21.3. The van der Waals surface area contributed by atoms with Gasteiger partial charge in [-0.1, -0.05) is 0 Å². The largest absolute Gasteiger partial charge is 0.478 e. The molecule has 0 fully saturated rings. The number of aromatic carboxylic acids is 1. The number of nitrogens with zero attached hydrogens (tertiary/aromatic N) is 3. The van der Waals surface area contributed by atoms with Crippen molar-refractivity contribution in [2.45, 2.75) is 26.1 Å². The van der Waals surface area contributed by atoms with Gasteiger partial charge in [-0.3, -0.25) is 0 Å². The van der Waals surface area contributed by atoms with Gasteiger partial charge in [0.1, 0.15) is 17.1 Å². The van der Waals surface area contributed by atoms with Crippen LogP contribution in [-0.4, -0.2) is 30.9 Å². The molecule has 2 heterocycles. The summed E-state index contributed by atoms with van der Waals surface area (Å²) in [6, 6.07) is 5.37. The summed E-state index contributed by atoms with van der Waals surface area (Å²) in [5.41, 5.74) is -0.401. The Morgan fingerprint density at radius 2 is 1.90 bits per heavy atom. The van der Waals surface area contributed by atoms with Crippen molar-refractivity contribution < 1.29 is 32.6 Å². The first-order valence-corrected chi connectivity index (χ1v) is 8.34. The fraction of sp³-hybridized carbons (Fsp3) is 0.211. The Morgan fingerprint density at radius 1 is 1.17 bits per heavy atom. The molecular weight excluding hydrogens is 394 g/mol. The van der Waals surface area contributed by atoms with E-state index in [0.29, 0.717) is 11.6 Å². The SMILES string of the molecule is Cc1c(C(=O)O)c(CO)nn1-c1cc(Cc2cc(F)cc(C(F)(F)F)c2)ccn1. The molecule has 0 spiro atoms. The van der Waals surface area contributed by atoms with Crippen molar-refractivity contribution in [3.63, 3.8) is 0 Å². The summed E-state index contributed by atoms with van der Waals surface area (Å²) in [4.78, 5) is 15.5. The molecule has 0 unspecified atom stereocenters. The number of hydrogen-bond acceptors (Lipinski definition) is 4. The topological polar surface area (TPSA) is 88.2 Å². The number of aromatic nitrogens is 3. The number of aliphatic hydroxyl groups excluding tert-OH is 1. The Hall–Kier alpha value is -3.27. The van der Waals surface area contributed by atoms with Gasteiger partial charge in [-0.2, -0.15) is 18.3 Å². The van der Waals surface area contributed by atoms with Crippen molar-refractivity contribution in [3.05, 3.63) is 76.0 Å². The van der Waals surface area contributed by atoms with Crippen LogP contribution < -0.4 is 0 Å². The van der Waals surface area contributed by atoms with Gasteiger partial charge in [0.05, 0.1) is 17.9 Å². The van der Waals surface area contributed by atoms with E-state index in [1.54, 1.807) is 6.07 Å². The maximum Gasteiger partial charge on any atom is 0.416 e. The number of rotatable bonds is 5. The summed E-state index contributed by atoms with van der Waals surface area (Å²) in [5, 5.41) is 22.7. The van der Waals surface area contributed by atoms with E-state index in [-0.39, 0.29) is 34.8 Å². The van der Waals surface area contributed by atoms with Crippen LogP contribution in [0.1, 0.15) is 38.4 Å². The van der Waals surface area contributed by atoms with Gasteiger partial charge in [-0.25, -0.2) is 18.9 Å². The Kier molecular flexibility index (Phi) is 5.38. The van der Waals surface area contributed by atoms with Gasteiger partial charge in [0, 0.05) is 6.20 Å². The zero-order valence-corrected chi connectivity index (χ0v) is 15.0. The number of benzene rings is 1. The average Bonchev–Trinajstić information content (AvgIpc) is 2.97. The zero-order valence-electron chi connectivity index (χ0n) is 15.0. The minimum atomic E-state index is -4.67. The molecule has 0 saturated carbocycles. The summed E-state index contributed by atoms with van der Waals surface area (Å²) in [6.07, 6.45) is -3.29. The first-order chi connectivity index (χ1) is 13.6. The number of aliphatic hydroxyl groups is 1. The summed E-state index contributed by atoms with van der Waals surface area (Å²) < 4.78 is 53.5. The normalized spacial score (nSPS) is 11.7. The lowest BCUT2D eigenvalue weighted by Gasteiger charge is -2.10.